The van der Waals surface area contributed by atoms with Crippen LogP contribution in [0.25, 0.3) is 10.2 Å². The first-order valence-corrected chi connectivity index (χ1v) is 8.27. The number of carbonyl (C=O) groups excluding carboxylic acids is 2. The van der Waals surface area contributed by atoms with E-state index >= 15 is 0 Å². The summed E-state index contributed by atoms with van der Waals surface area (Å²) < 4.78 is 0.933. The van der Waals surface area contributed by atoms with Crippen molar-refractivity contribution in [1.29, 1.82) is 0 Å². The number of rotatable bonds is 6. The lowest BCUT2D eigenvalue weighted by atomic mass is 10.0. The van der Waals surface area contributed by atoms with Gasteiger partial charge < -0.3 is 10.6 Å². The van der Waals surface area contributed by atoms with Crippen LogP contribution < -0.4 is 10.6 Å². The van der Waals surface area contributed by atoms with Gasteiger partial charge in [0.2, 0.25) is 11.8 Å². The first-order valence-electron chi connectivity index (χ1n) is 7.46. The predicted octanol–water partition coefficient (Wildman–Crippen LogP) is 4.02. The average molecular weight is 319 g/mol. The van der Waals surface area contributed by atoms with Gasteiger partial charge in [0.25, 0.3) is 0 Å². The molecule has 0 saturated heterocycles. The summed E-state index contributed by atoms with van der Waals surface area (Å²) in [7, 11) is 0. The minimum atomic E-state index is -0.141. The van der Waals surface area contributed by atoms with Gasteiger partial charge in [-0.15, -0.1) is 0 Å². The normalized spacial score (nSPS) is 12.1. The van der Waals surface area contributed by atoms with Crippen molar-refractivity contribution in [2.75, 3.05) is 10.6 Å². The van der Waals surface area contributed by atoms with Gasteiger partial charge >= 0.3 is 0 Å². The van der Waals surface area contributed by atoms with Crippen molar-refractivity contribution in [3.05, 3.63) is 18.2 Å². The summed E-state index contributed by atoms with van der Waals surface area (Å²) in [6.07, 6.45) is 2.68. The van der Waals surface area contributed by atoms with Crippen LogP contribution in [0, 0.1) is 5.92 Å². The Bertz CT molecular complexity index is 681. The minimum absolute atomic E-state index is 0.0342. The number of hydrogen-bond donors (Lipinski definition) is 2. The van der Waals surface area contributed by atoms with E-state index in [0.29, 0.717) is 17.5 Å². The van der Waals surface area contributed by atoms with E-state index in [1.807, 2.05) is 18.2 Å². The summed E-state index contributed by atoms with van der Waals surface area (Å²) in [5.74, 6) is 0.285. The van der Waals surface area contributed by atoms with E-state index in [1.54, 1.807) is 0 Å². The predicted molar refractivity (Wildman–Crippen MR) is 91.2 cm³/mol. The fourth-order valence-electron chi connectivity index (χ4n) is 2.33. The maximum Gasteiger partial charge on any atom is 0.224 e. The van der Waals surface area contributed by atoms with Gasteiger partial charge in [0.15, 0.2) is 5.13 Å². The van der Waals surface area contributed by atoms with E-state index in [9.17, 15) is 9.59 Å². The van der Waals surface area contributed by atoms with Gasteiger partial charge in [-0.05, 0) is 24.1 Å². The zero-order valence-corrected chi connectivity index (χ0v) is 13.9. The van der Waals surface area contributed by atoms with Crippen LogP contribution in [0.15, 0.2) is 18.2 Å². The van der Waals surface area contributed by atoms with E-state index in [4.69, 9.17) is 0 Å². The highest BCUT2D eigenvalue weighted by Crippen LogP contribution is 2.28. The van der Waals surface area contributed by atoms with E-state index < -0.39 is 0 Å². The van der Waals surface area contributed by atoms with E-state index in [1.165, 1.54) is 18.3 Å². The summed E-state index contributed by atoms with van der Waals surface area (Å²) in [6, 6.07) is 5.57. The molecular weight excluding hydrogens is 298 g/mol. The van der Waals surface area contributed by atoms with Crippen molar-refractivity contribution in [3.8, 4) is 0 Å². The molecule has 2 rings (SSSR count). The summed E-state index contributed by atoms with van der Waals surface area (Å²) in [4.78, 5) is 27.4. The van der Waals surface area contributed by atoms with Crippen LogP contribution in [-0.2, 0) is 9.59 Å². The first-order chi connectivity index (χ1) is 10.5. The summed E-state index contributed by atoms with van der Waals surface area (Å²) in [6.45, 7) is 5.67. The topological polar surface area (TPSA) is 71.1 Å². The number of aromatic nitrogens is 1. The molecule has 0 aliphatic heterocycles. The SMILES string of the molecule is CCCC(C)CC(=O)Nc1ccc2nc(NC(C)=O)sc2c1. The number of amides is 2. The third-order valence-corrected chi connectivity index (χ3v) is 4.20. The van der Waals surface area contributed by atoms with E-state index in [2.05, 4.69) is 29.5 Å². The highest BCUT2D eigenvalue weighted by molar-refractivity contribution is 7.22. The van der Waals surface area contributed by atoms with Gasteiger partial charge in [0, 0.05) is 19.0 Å². The Kier molecular flexibility index (Phi) is 5.49. The standard InChI is InChI=1S/C16H21N3O2S/c1-4-5-10(2)8-15(21)18-12-6-7-13-14(9-12)22-16(19-13)17-11(3)20/h6-7,9-10H,4-5,8H2,1-3H3,(H,18,21)(H,17,19,20). The second-order valence-electron chi connectivity index (χ2n) is 5.53. The van der Waals surface area contributed by atoms with Gasteiger partial charge in [-0.3, -0.25) is 9.59 Å². The second-order valence-corrected chi connectivity index (χ2v) is 6.56. The molecule has 0 aliphatic carbocycles. The smallest absolute Gasteiger partial charge is 0.224 e. The van der Waals surface area contributed by atoms with Crippen molar-refractivity contribution in [2.24, 2.45) is 5.92 Å². The lowest BCUT2D eigenvalue weighted by Gasteiger charge is -2.10. The molecular formula is C16H21N3O2S. The van der Waals surface area contributed by atoms with E-state index in [-0.39, 0.29) is 11.8 Å². The molecule has 1 heterocycles. The Balaban J connectivity index is 2.05. The Morgan fingerprint density at radius 2 is 2.09 bits per heavy atom. The zero-order chi connectivity index (χ0) is 16.1. The Morgan fingerprint density at radius 1 is 1.32 bits per heavy atom. The Labute approximate surface area is 134 Å². The van der Waals surface area contributed by atoms with Crippen molar-refractivity contribution < 1.29 is 9.59 Å². The Hall–Kier alpha value is -1.95. The molecule has 0 aliphatic rings. The van der Waals surface area contributed by atoms with Crippen LogP contribution in [0.5, 0.6) is 0 Å². The molecule has 0 bridgehead atoms. The van der Waals surface area contributed by atoms with Crippen molar-refractivity contribution >= 4 is 44.2 Å². The maximum absolute atomic E-state index is 12.0. The van der Waals surface area contributed by atoms with Crippen molar-refractivity contribution in [3.63, 3.8) is 0 Å². The summed E-state index contributed by atoms with van der Waals surface area (Å²) in [5.41, 5.74) is 1.57. The van der Waals surface area contributed by atoms with Crippen LogP contribution in [0.3, 0.4) is 0 Å². The lowest BCUT2D eigenvalue weighted by molar-refractivity contribution is -0.117. The third-order valence-electron chi connectivity index (χ3n) is 3.27. The molecule has 2 N–H and O–H groups in total. The number of nitrogens with zero attached hydrogens (tertiary/aromatic N) is 1. The largest absolute Gasteiger partial charge is 0.326 e. The summed E-state index contributed by atoms with van der Waals surface area (Å²) >= 11 is 1.39. The number of anilines is 2. The molecule has 1 aromatic carbocycles. The summed E-state index contributed by atoms with van der Waals surface area (Å²) in [5, 5.41) is 6.17. The molecule has 0 fully saturated rings. The highest BCUT2D eigenvalue weighted by Gasteiger charge is 2.10. The van der Waals surface area contributed by atoms with Gasteiger partial charge in [0.1, 0.15) is 0 Å². The molecule has 2 amide bonds. The average Bonchev–Trinajstić information content (AvgIpc) is 2.79. The quantitative estimate of drug-likeness (QED) is 0.844. The molecule has 118 valence electrons. The molecule has 1 unspecified atom stereocenters. The van der Waals surface area contributed by atoms with Crippen LogP contribution in [-0.4, -0.2) is 16.8 Å². The number of fused-ring (bicyclic) bond motifs is 1. The van der Waals surface area contributed by atoms with Gasteiger partial charge in [-0.2, -0.15) is 0 Å². The molecule has 1 aromatic heterocycles. The molecule has 0 radical (unpaired) electrons. The lowest BCUT2D eigenvalue weighted by Crippen LogP contribution is -2.14. The van der Waals surface area contributed by atoms with Crippen LogP contribution >= 0.6 is 11.3 Å². The Morgan fingerprint density at radius 3 is 2.77 bits per heavy atom. The number of hydrogen-bond acceptors (Lipinski definition) is 4. The van der Waals surface area contributed by atoms with Gasteiger partial charge in [-0.25, -0.2) is 4.98 Å². The molecule has 5 nitrogen and oxygen atoms in total. The fourth-order valence-corrected chi connectivity index (χ4v) is 3.28. The van der Waals surface area contributed by atoms with E-state index in [0.717, 1.165) is 28.7 Å². The zero-order valence-electron chi connectivity index (χ0n) is 13.1. The fraction of sp³-hybridized carbons (Fsp3) is 0.438. The van der Waals surface area contributed by atoms with Gasteiger partial charge in [-0.1, -0.05) is 38.0 Å². The number of carbonyl (C=O) groups is 2. The monoisotopic (exact) mass is 319 g/mol. The first kappa shape index (κ1) is 16.4. The van der Waals surface area contributed by atoms with Crippen LogP contribution in [0.1, 0.15) is 40.0 Å². The number of nitrogens with one attached hydrogen (secondary N) is 2. The van der Waals surface area contributed by atoms with Crippen molar-refractivity contribution in [2.45, 2.75) is 40.0 Å². The number of benzene rings is 1. The number of thiazole rings is 1. The third kappa shape index (κ3) is 4.53. The molecule has 2 aromatic rings. The molecule has 22 heavy (non-hydrogen) atoms. The molecule has 1 atom stereocenters. The molecule has 0 saturated carbocycles. The van der Waals surface area contributed by atoms with Gasteiger partial charge in [0.05, 0.1) is 10.2 Å². The van der Waals surface area contributed by atoms with Crippen LogP contribution in [0.2, 0.25) is 0 Å². The van der Waals surface area contributed by atoms with Crippen LogP contribution in [0.4, 0.5) is 10.8 Å². The minimum Gasteiger partial charge on any atom is -0.326 e. The molecule has 0 spiro atoms. The maximum atomic E-state index is 12.0. The second kappa shape index (κ2) is 7.35. The molecule has 6 heteroatoms. The van der Waals surface area contributed by atoms with Crippen molar-refractivity contribution in [1.82, 2.24) is 4.98 Å². The highest BCUT2D eigenvalue weighted by atomic mass is 32.1.